The summed E-state index contributed by atoms with van der Waals surface area (Å²) in [6, 6.07) is 7.14. The average molecular weight is 234 g/mol. The van der Waals surface area contributed by atoms with Crippen molar-refractivity contribution in [3.63, 3.8) is 0 Å². The van der Waals surface area contributed by atoms with E-state index in [2.05, 4.69) is 29.7 Å². The lowest BCUT2D eigenvalue weighted by molar-refractivity contribution is 0.411. The number of benzene rings is 1. The highest BCUT2D eigenvalue weighted by Crippen LogP contribution is 2.18. The molecular formula is C14H22N2O. The summed E-state index contributed by atoms with van der Waals surface area (Å²) in [6.07, 6.45) is 2.72. The molecule has 0 bridgehead atoms. The lowest BCUT2D eigenvalue weighted by Crippen LogP contribution is -2.28. The molecule has 94 valence electrons. The van der Waals surface area contributed by atoms with Crippen molar-refractivity contribution >= 4 is 0 Å². The highest BCUT2D eigenvalue weighted by molar-refractivity contribution is 5.36. The predicted molar refractivity (Wildman–Crippen MR) is 70.5 cm³/mol. The molecule has 0 heterocycles. The molecule has 0 radical (unpaired) electrons. The van der Waals surface area contributed by atoms with Gasteiger partial charge < -0.3 is 15.4 Å². The molecule has 0 spiro atoms. The van der Waals surface area contributed by atoms with Gasteiger partial charge in [-0.15, -0.1) is 0 Å². The van der Waals surface area contributed by atoms with Crippen molar-refractivity contribution in [1.82, 2.24) is 10.6 Å². The van der Waals surface area contributed by atoms with Gasteiger partial charge >= 0.3 is 0 Å². The standard InChI is InChI=1S/C14H22N2O/c1-11-9-12(3-6-14(11)17-2)10-15-7-8-16-13-4-5-13/h3,6,9,13,15-16H,4-5,7-8,10H2,1-2H3. The number of nitrogens with one attached hydrogen (secondary N) is 2. The molecule has 1 aromatic carbocycles. The molecule has 3 heteroatoms. The zero-order chi connectivity index (χ0) is 12.1. The minimum absolute atomic E-state index is 0.806. The van der Waals surface area contributed by atoms with Crippen molar-refractivity contribution in [2.75, 3.05) is 20.2 Å². The molecule has 0 saturated heterocycles. The van der Waals surface area contributed by atoms with E-state index in [1.54, 1.807) is 7.11 Å². The molecule has 0 atom stereocenters. The molecule has 1 aliphatic rings. The van der Waals surface area contributed by atoms with Gasteiger partial charge in [0.05, 0.1) is 7.11 Å². The van der Waals surface area contributed by atoms with Gasteiger partial charge in [-0.3, -0.25) is 0 Å². The van der Waals surface area contributed by atoms with E-state index < -0.39 is 0 Å². The summed E-state index contributed by atoms with van der Waals surface area (Å²) >= 11 is 0. The van der Waals surface area contributed by atoms with E-state index in [0.717, 1.165) is 31.4 Å². The Morgan fingerprint density at radius 3 is 2.76 bits per heavy atom. The lowest BCUT2D eigenvalue weighted by atomic mass is 10.1. The van der Waals surface area contributed by atoms with E-state index in [9.17, 15) is 0 Å². The van der Waals surface area contributed by atoms with Crippen molar-refractivity contribution < 1.29 is 4.74 Å². The van der Waals surface area contributed by atoms with Crippen LogP contribution in [0, 0.1) is 6.92 Å². The Balaban J connectivity index is 1.68. The fourth-order valence-electron chi connectivity index (χ4n) is 1.94. The third-order valence-corrected chi connectivity index (χ3v) is 3.10. The summed E-state index contributed by atoms with van der Waals surface area (Å²) in [6.45, 7) is 5.11. The number of rotatable bonds is 7. The average Bonchev–Trinajstić information content (AvgIpc) is 3.13. The molecule has 2 N–H and O–H groups in total. The minimum Gasteiger partial charge on any atom is -0.496 e. The lowest BCUT2D eigenvalue weighted by Gasteiger charge is -2.09. The van der Waals surface area contributed by atoms with Crippen LogP contribution in [0.3, 0.4) is 0 Å². The summed E-state index contributed by atoms with van der Waals surface area (Å²) < 4.78 is 5.25. The third-order valence-electron chi connectivity index (χ3n) is 3.10. The Morgan fingerprint density at radius 1 is 1.29 bits per heavy atom. The van der Waals surface area contributed by atoms with E-state index in [4.69, 9.17) is 4.74 Å². The number of hydrogen-bond acceptors (Lipinski definition) is 3. The molecule has 1 saturated carbocycles. The third kappa shape index (κ3) is 4.02. The van der Waals surface area contributed by atoms with Gasteiger partial charge in [0, 0.05) is 25.7 Å². The first-order chi connectivity index (χ1) is 8.29. The van der Waals surface area contributed by atoms with Crippen molar-refractivity contribution in [1.29, 1.82) is 0 Å². The van der Waals surface area contributed by atoms with Crippen LogP contribution in [0.5, 0.6) is 5.75 Å². The van der Waals surface area contributed by atoms with Crippen LogP contribution in [-0.2, 0) is 6.54 Å². The second kappa shape index (κ2) is 6.03. The second-order valence-corrected chi connectivity index (χ2v) is 4.71. The van der Waals surface area contributed by atoms with E-state index in [-0.39, 0.29) is 0 Å². The summed E-state index contributed by atoms with van der Waals surface area (Å²) in [4.78, 5) is 0. The Hall–Kier alpha value is -1.06. The maximum Gasteiger partial charge on any atom is 0.121 e. The van der Waals surface area contributed by atoms with E-state index >= 15 is 0 Å². The number of hydrogen-bond donors (Lipinski definition) is 2. The van der Waals surface area contributed by atoms with Gasteiger partial charge in [0.1, 0.15) is 5.75 Å². The van der Waals surface area contributed by atoms with Crippen LogP contribution in [0.1, 0.15) is 24.0 Å². The van der Waals surface area contributed by atoms with Gasteiger partial charge in [-0.25, -0.2) is 0 Å². The first-order valence-corrected chi connectivity index (χ1v) is 6.37. The molecule has 1 aromatic rings. The molecule has 0 amide bonds. The Bertz CT molecular complexity index is 361. The molecule has 2 rings (SSSR count). The van der Waals surface area contributed by atoms with Crippen LogP contribution >= 0.6 is 0 Å². The number of aryl methyl sites for hydroxylation is 1. The fraction of sp³-hybridized carbons (Fsp3) is 0.571. The molecule has 1 fully saturated rings. The van der Waals surface area contributed by atoms with E-state index in [1.807, 2.05) is 6.07 Å². The van der Waals surface area contributed by atoms with Crippen molar-refractivity contribution in [2.45, 2.75) is 32.4 Å². The van der Waals surface area contributed by atoms with Crippen LogP contribution in [-0.4, -0.2) is 26.2 Å². The van der Waals surface area contributed by atoms with Gasteiger partial charge in [0.15, 0.2) is 0 Å². The van der Waals surface area contributed by atoms with E-state index in [0.29, 0.717) is 0 Å². The van der Waals surface area contributed by atoms with Crippen molar-refractivity contribution in [3.05, 3.63) is 29.3 Å². The highest BCUT2D eigenvalue weighted by atomic mass is 16.5. The molecule has 17 heavy (non-hydrogen) atoms. The first kappa shape index (κ1) is 12.4. The normalized spacial score (nSPS) is 14.9. The largest absolute Gasteiger partial charge is 0.496 e. The summed E-state index contributed by atoms with van der Waals surface area (Å²) in [5, 5.41) is 6.94. The van der Waals surface area contributed by atoms with Gasteiger partial charge in [0.25, 0.3) is 0 Å². The fourth-order valence-corrected chi connectivity index (χ4v) is 1.94. The SMILES string of the molecule is COc1ccc(CNCCNC2CC2)cc1C. The second-order valence-electron chi connectivity index (χ2n) is 4.71. The van der Waals surface area contributed by atoms with Crippen LogP contribution in [0.2, 0.25) is 0 Å². The van der Waals surface area contributed by atoms with Gasteiger partial charge in [-0.2, -0.15) is 0 Å². The quantitative estimate of drug-likeness (QED) is 0.706. The van der Waals surface area contributed by atoms with Crippen LogP contribution < -0.4 is 15.4 Å². The van der Waals surface area contributed by atoms with Crippen LogP contribution in [0.4, 0.5) is 0 Å². The predicted octanol–water partition coefficient (Wildman–Crippen LogP) is 1.85. The number of methoxy groups -OCH3 is 1. The smallest absolute Gasteiger partial charge is 0.121 e. The highest BCUT2D eigenvalue weighted by Gasteiger charge is 2.19. The summed E-state index contributed by atoms with van der Waals surface area (Å²) in [5.74, 6) is 0.962. The monoisotopic (exact) mass is 234 g/mol. The number of ether oxygens (including phenoxy) is 1. The Labute approximate surface area is 104 Å². The maximum atomic E-state index is 5.25. The topological polar surface area (TPSA) is 33.3 Å². The zero-order valence-corrected chi connectivity index (χ0v) is 10.8. The van der Waals surface area contributed by atoms with Crippen LogP contribution in [0.15, 0.2) is 18.2 Å². The van der Waals surface area contributed by atoms with Gasteiger partial charge in [-0.1, -0.05) is 12.1 Å². The minimum atomic E-state index is 0.806. The first-order valence-electron chi connectivity index (χ1n) is 6.37. The molecular weight excluding hydrogens is 212 g/mol. The van der Waals surface area contributed by atoms with Gasteiger partial charge in [-0.05, 0) is 37.0 Å². The Morgan fingerprint density at radius 2 is 2.12 bits per heavy atom. The zero-order valence-electron chi connectivity index (χ0n) is 10.8. The summed E-state index contributed by atoms with van der Waals surface area (Å²) in [7, 11) is 1.71. The maximum absolute atomic E-state index is 5.25. The van der Waals surface area contributed by atoms with Crippen molar-refractivity contribution in [2.24, 2.45) is 0 Å². The molecule has 0 aromatic heterocycles. The molecule has 0 unspecified atom stereocenters. The Kier molecular flexibility index (Phi) is 4.40. The molecule has 1 aliphatic carbocycles. The molecule has 0 aliphatic heterocycles. The van der Waals surface area contributed by atoms with Crippen LogP contribution in [0.25, 0.3) is 0 Å². The summed E-state index contributed by atoms with van der Waals surface area (Å²) in [5.41, 5.74) is 2.51. The van der Waals surface area contributed by atoms with Crippen molar-refractivity contribution in [3.8, 4) is 5.75 Å². The molecule has 3 nitrogen and oxygen atoms in total. The van der Waals surface area contributed by atoms with Gasteiger partial charge in [0.2, 0.25) is 0 Å². The van der Waals surface area contributed by atoms with E-state index in [1.165, 1.54) is 24.0 Å².